The Morgan fingerprint density at radius 3 is 2.20 bits per heavy atom. The van der Waals surface area contributed by atoms with E-state index >= 15 is 0 Å². The molecule has 0 spiro atoms. The second-order valence-electron chi connectivity index (χ2n) is 5.59. The molecule has 0 heterocycles. The summed E-state index contributed by atoms with van der Waals surface area (Å²) in [6.07, 6.45) is 0.536. The summed E-state index contributed by atoms with van der Waals surface area (Å²) in [5.74, 6) is -1.04. The molecule has 4 nitrogen and oxygen atoms in total. The van der Waals surface area contributed by atoms with Crippen molar-refractivity contribution < 1.29 is 14.7 Å². The number of benzene rings is 2. The molecule has 132 valence electrons. The average molecular weight is 376 g/mol. The molecule has 0 fully saturated rings. The van der Waals surface area contributed by atoms with Gasteiger partial charge in [-0.1, -0.05) is 48.5 Å². The van der Waals surface area contributed by atoms with Crippen molar-refractivity contribution >= 4 is 36.3 Å². The zero-order valence-corrected chi connectivity index (χ0v) is 15.4. The molecule has 0 bridgehead atoms. The van der Waals surface area contributed by atoms with Crippen LogP contribution in [0.5, 0.6) is 0 Å². The number of amides is 1. The van der Waals surface area contributed by atoms with Crippen LogP contribution >= 0.6 is 24.4 Å². The van der Waals surface area contributed by atoms with E-state index in [1.807, 2.05) is 60.7 Å². The third-order valence-corrected chi connectivity index (χ3v) is 5.24. The van der Waals surface area contributed by atoms with Gasteiger partial charge in [-0.05, 0) is 24.1 Å². The molecule has 2 atom stereocenters. The Balaban J connectivity index is 1.94. The molecule has 6 heteroatoms. The van der Waals surface area contributed by atoms with Crippen LogP contribution in [-0.4, -0.2) is 34.5 Å². The van der Waals surface area contributed by atoms with Crippen LogP contribution < -0.4 is 5.32 Å². The van der Waals surface area contributed by atoms with Gasteiger partial charge in [0.2, 0.25) is 5.91 Å². The summed E-state index contributed by atoms with van der Waals surface area (Å²) in [5.41, 5.74) is 1.03. The number of thiol groups is 1. The molecular weight excluding hydrogens is 354 g/mol. The number of carbonyl (C=O) groups excluding carboxylic acids is 1. The lowest BCUT2D eigenvalue weighted by Crippen LogP contribution is -2.46. The van der Waals surface area contributed by atoms with Crippen molar-refractivity contribution in [3.63, 3.8) is 0 Å². The molecule has 2 aromatic carbocycles. The third kappa shape index (κ3) is 6.48. The molecule has 0 saturated carbocycles. The van der Waals surface area contributed by atoms with E-state index in [0.717, 1.165) is 10.5 Å². The Kier molecular flexibility index (Phi) is 7.88. The molecule has 0 aliphatic heterocycles. The van der Waals surface area contributed by atoms with Crippen LogP contribution in [0.2, 0.25) is 0 Å². The van der Waals surface area contributed by atoms with Crippen molar-refractivity contribution in [1.29, 1.82) is 0 Å². The van der Waals surface area contributed by atoms with Gasteiger partial charge in [-0.15, -0.1) is 11.8 Å². The fraction of sp³-hybridized carbons (Fsp3) is 0.263. The normalized spacial score (nSPS) is 13.0. The fourth-order valence-corrected chi connectivity index (χ4v) is 3.53. The molecule has 2 aromatic rings. The fourth-order valence-electron chi connectivity index (χ4n) is 2.30. The van der Waals surface area contributed by atoms with E-state index < -0.39 is 12.0 Å². The summed E-state index contributed by atoms with van der Waals surface area (Å²) < 4.78 is 0. The lowest BCUT2D eigenvalue weighted by Gasteiger charge is -2.19. The summed E-state index contributed by atoms with van der Waals surface area (Å²) >= 11 is 5.66. The van der Waals surface area contributed by atoms with Gasteiger partial charge in [0.25, 0.3) is 0 Å². The van der Waals surface area contributed by atoms with Crippen molar-refractivity contribution in [2.24, 2.45) is 5.92 Å². The summed E-state index contributed by atoms with van der Waals surface area (Å²) in [6.45, 7) is 0. The van der Waals surface area contributed by atoms with E-state index in [0.29, 0.717) is 12.2 Å². The average Bonchev–Trinajstić information content (AvgIpc) is 2.64. The van der Waals surface area contributed by atoms with Crippen LogP contribution in [0.3, 0.4) is 0 Å². The van der Waals surface area contributed by atoms with Gasteiger partial charge in [0.05, 0.1) is 5.92 Å². The van der Waals surface area contributed by atoms with Gasteiger partial charge in [0.1, 0.15) is 6.04 Å². The van der Waals surface area contributed by atoms with Crippen molar-refractivity contribution in [2.75, 3.05) is 11.5 Å². The van der Waals surface area contributed by atoms with Crippen LogP contribution in [0, 0.1) is 5.92 Å². The molecule has 0 aliphatic carbocycles. The number of hydrogen-bond donors (Lipinski definition) is 3. The first kappa shape index (κ1) is 19.4. The number of hydrogen-bond acceptors (Lipinski definition) is 4. The number of thioether (sulfide) groups is 1. The lowest BCUT2D eigenvalue weighted by atomic mass is 10.00. The van der Waals surface area contributed by atoms with Gasteiger partial charge >= 0.3 is 5.97 Å². The maximum absolute atomic E-state index is 12.5. The second-order valence-corrected chi connectivity index (χ2v) is 7.05. The van der Waals surface area contributed by atoms with Gasteiger partial charge < -0.3 is 10.4 Å². The van der Waals surface area contributed by atoms with Crippen LogP contribution in [0.1, 0.15) is 5.56 Å². The molecule has 2 N–H and O–H groups in total. The van der Waals surface area contributed by atoms with Gasteiger partial charge in [0.15, 0.2) is 0 Å². The van der Waals surface area contributed by atoms with Gasteiger partial charge in [0, 0.05) is 16.4 Å². The van der Waals surface area contributed by atoms with E-state index in [9.17, 15) is 14.7 Å². The summed E-state index contributed by atoms with van der Waals surface area (Å²) in [4.78, 5) is 24.9. The lowest BCUT2D eigenvalue weighted by molar-refractivity contribution is -0.141. The van der Waals surface area contributed by atoms with Crippen molar-refractivity contribution in [1.82, 2.24) is 5.32 Å². The zero-order valence-electron chi connectivity index (χ0n) is 13.7. The van der Waals surface area contributed by atoms with Crippen LogP contribution in [0.4, 0.5) is 0 Å². The zero-order chi connectivity index (χ0) is 18.1. The maximum atomic E-state index is 12.5. The topological polar surface area (TPSA) is 66.4 Å². The number of carboxylic acid groups (broad SMARTS) is 1. The van der Waals surface area contributed by atoms with E-state index in [2.05, 4.69) is 17.9 Å². The number of carbonyl (C=O) groups is 2. The van der Waals surface area contributed by atoms with Crippen molar-refractivity contribution in [2.45, 2.75) is 17.4 Å². The summed E-state index contributed by atoms with van der Waals surface area (Å²) in [7, 11) is 0. The molecule has 0 saturated heterocycles. The standard InChI is InChI=1S/C19H21NO3S2/c21-18(15(12-24)11-14-7-3-1-4-8-14)20-17(19(22)23)13-25-16-9-5-2-6-10-16/h1-10,15,17,24H,11-13H2,(H,20,21)(H,22,23)/t15-,17+/m1/s1. The molecule has 0 aliphatic rings. The quantitative estimate of drug-likeness (QED) is 0.465. The first-order valence-corrected chi connectivity index (χ1v) is 9.57. The molecule has 25 heavy (non-hydrogen) atoms. The highest BCUT2D eigenvalue weighted by molar-refractivity contribution is 7.99. The molecule has 2 rings (SSSR count). The Morgan fingerprint density at radius 2 is 1.64 bits per heavy atom. The molecule has 0 aromatic heterocycles. The first-order chi connectivity index (χ1) is 12.1. The number of rotatable bonds is 9. The number of nitrogens with one attached hydrogen (secondary N) is 1. The van der Waals surface area contributed by atoms with Gasteiger partial charge in [-0.2, -0.15) is 12.6 Å². The van der Waals surface area contributed by atoms with Crippen molar-refractivity contribution in [3.05, 3.63) is 66.2 Å². The SMILES string of the molecule is O=C(N[C@@H](CSc1ccccc1)C(=O)O)[C@@H](CS)Cc1ccccc1. The highest BCUT2D eigenvalue weighted by Gasteiger charge is 2.25. The molecule has 1 amide bonds. The second kappa shape index (κ2) is 10.2. The molecule has 0 unspecified atom stereocenters. The number of carboxylic acids is 1. The summed E-state index contributed by atoms with van der Waals surface area (Å²) in [6, 6.07) is 18.2. The predicted molar refractivity (Wildman–Crippen MR) is 104 cm³/mol. The van der Waals surface area contributed by atoms with E-state index in [4.69, 9.17) is 0 Å². The van der Waals surface area contributed by atoms with Gasteiger partial charge in [-0.25, -0.2) is 4.79 Å². The van der Waals surface area contributed by atoms with Crippen LogP contribution in [0.15, 0.2) is 65.6 Å². The Morgan fingerprint density at radius 1 is 1.04 bits per heavy atom. The van der Waals surface area contributed by atoms with E-state index in [1.54, 1.807) is 0 Å². The van der Waals surface area contributed by atoms with Crippen LogP contribution in [-0.2, 0) is 16.0 Å². The highest BCUT2D eigenvalue weighted by Crippen LogP contribution is 2.18. The van der Waals surface area contributed by atoms with Gasteiger partial charge in [-0.3, -0.25) is 4.79 Å². The Bertz CT molecular complexity index is 680. The third-order valence-electron chi connectivity index (χ3n) is 3.69. The predicted octanol–water partition coefficient (Wildman–Crippen LogP) is 3.14. The first-order valence-electron chi connectivity index (χ1n) is 7.96. The summed E-state index contributed by atoms with van der Waals surface area (Å²) in [5, 5.41) is 12.0. The smallest absolute Gasteiger partial charge is 0.327 e. The molecule has 0 radical (unpaired) electrons. The minimum Gasteiger partial charge on any atom is -0.480 e. The van der Waals surface area contributed by atoms with Crippen molar-refractivity contribution in [3.8, 4) is 0 Å². The minimum atomic E-state index is -1.03. The van der Waals surface area contributed by atoms with E-state index in [-0.39, 0.29) is 17.6 Å². The Labute approximate surface area is 157 Å². The molecular formula is C19H21NO3S2. The maximum Gasteiger partial charge on any atom is 0.327 e. The highest BCUT2D eigenvalue weighted by atomic mass is 32.2. The van der Waals surface area contributed by atoms with E-state index in [1.165, 1.54) is 11.8 Å². The minimum absolute atomic E-state index is 0.274. The largest absolute Gasteiger partial charge is 0.480 e. The monoisotopic (exact) mass is 375 g/mol. The number of aliphatic carboxylic acids is 1. The van der Waals surface area contributed by atoms with Crippen LogP contribution in [0.25, 0.3) is 0 Å². The Hall–Kier alpha value is -1.92.